The van der Waals surface area contributed by atoms with E-state index in [1.807, 2.05) is 30.3 Å². The summed E-state index contributed by atoms with van der Waals surface area (Å²) in [5.41, 5.74) is 2.37. The Morgan fingerprint density at radius 1 is 0.774 bits per heavy atom. The van der Waals surface area contributed by atoms with E-state index in [1.54, 1.807) is 53.4 Å². The number of imidazole rings is 1. The summed E-state index contributed by atoms with van der Waals surface area (Å²) in [6.07, 6.45) is 1.59. The van der Waals surface area contributed by atoms with Crippen molar-refractivity contribution in [3.05, 3.63) is 105 Å². The highest BCUT2D eigenvalue weighted by Gasteiger charge is 2.20. The van der Waals surface area contributed by atoms with E-state index in [-0.39, 0.29) is 11.1 Å². The molecule has 0 atom stereocenters. The number of hydrogen-bond donors (Lipinski definition) is 0. The number of rotatable bonds is 3. The van der Waals surface area contributed by atoms with Gasteiger partial charge in [0.05, 0.1) is 10.7 Å². The van der Waals surface area contributed by atoms with Crippen molar-refractivity contribution in [3.63, 3.8) is 0 Å². The lowest BCUT2D eigenvalue weighted by atomic mass is 10.2. The maximum atomic E-state index is 13.6. The first-order chi connectivity index (χ1) is 15.0. The lowest BCUT2D eigenvalue weighted by Crippen LogP contribution is -2.22. The molecule has 31 heavy (non-hydrogen) atoms. The van der Waals surface area contributed by atoms with E-state index in [9.17, 15) is 4.79 Å². The molecule has 0 saturated carbocycles. The Bertz CT molecular complexity index is 1480. The first-order valence-electron chi connectivity index (χ1n) is 9.30. The fourth-order valence-electron chi connectivity index (χ4n) is 3.41. The van der Waals surface area contributed by atoms with Gasteiger partial charge in [0.2, 0.25) is 0 Å². The molecule has 5 aromatic rings. The summed E-state index contributed by atoms with van der Waals surface area (Å²) in [6.45, 7) is 0. The highest BCUT2D eigenvalue weighted by Crippen LogP contribution is 2.31. The van der Waals surface area contributed by atoms with E-state index in [4.69, 9.17) is 39.8 Å². The van der Waals surface area contributed by atoms with Crippen LogP contribution in [0.5, 0.6) is 0 Å². The summed E-state index contributed by atoms with van der Waals surface area (Å²) < 4.78 is 3.26. The SMILES string of the molecule is O=c1c2ncn(-c3ccccc3)c2nc(-c2ccc(Cl)cc2Cl)n1-c1ccc(Cl)cc1. The molecule has 0 aliphatic heterocycles. The highest BCUT2D eigenvalue weighted by atomic mass is 35.5. The number of nitrogens with zero attached hydrogens (tertiary/aromatic N) is 4. The Morgan fingerprint density at radius 2 is 1.48 bits per heavy atom. The number of hydrogen-bond acceptors (Lipinski definition) is 3. The second-order valence-electron chi connectivity index (χ2n) is 6.80. The first-order valence-corrected chi connectivity index (χ1v) is 10.4. The maximum absolute atomic E-state index is 13.6. The lowest BCUT2D eigenvalue weighted by Gasteiger charge is -2.14. The van der Waals surface area contributed by atoms with Crippen LogP contribution in [0.2, 0.25) is 15.1 Å². The van der Waals surface area contributed by atoms with E-state index >= 15 is 0 Å². The molecule has 152 valence electrons. The molecule has 2 heterocycles. The minimum atomic E-state index is -0.317. The molecular formula is C23H13Cl3N4O. The third-order valence-corrected chi connectivity index (χ3v) is 5.66. The van der Waals surface area contributed by atoms with Crippen LogP contribution in [0.4, 0.5) is 0 Å². The van der Waals surface area contributed by atoms with Crippen molar-refractivity contribution < 1.29 is 0 Å². The fraction of sp³-hybridized carbons (Fsp3) is 0. The van der Waals surface area contributed by atoms with Crippen molar-refractivity contribution >= 4 is 46.0 Å². The molecule has 0 aliphatic rings. The van der Waals surface area contributed by atoms with Gasteiger partial charge in [0.1, 0.15) is 6.33 Å². The van der Waals surface area contributed by atoms with Crippen LogP contribution in [0.25, 0.3) is 33.9 Å². The van der Waals surface area contributed by atoms with Crippen molar-refractivity contribution in [1.82, 2.24) is 19.1 Å². The minimum Gasteiger partial charge on any atom is -0.283 e. The zero-order valence-corrected chi connectivity index (χ0v) is 18.1. The summed E-state index contributed by atoms with van der Waals surface area (Å²) in [4.78, 5) is 22.8. The standard InChI is InChI=1S/C23H13Cl3N4O/c24-14-6-9-17(10-7-14)30-21(18-11-8-15(25)12-19(18)26)28-22-20(23(30)31)27-13-29(22)16-4-2-1-3-5-16/h1-13H. The number of benzene rings is 3. The molecule has 0 spiro atoms. The molecule has 2 aromatic heterocycles. The summed E-state index contributed by atoms with van der Waals surface area (Å²) in [6, 6.07) is 21.6. The smallest absolute Gasteiger partial charge is 0.283 e. The lowest BCUT2D eigenvalue weighted by molar-refractivity contribution is 0.962. The Kier molecular flexibility index (Phi) is 5.02. The molecule has 3 aromatic carbocycles. The normalized spacial score (nSPS) is 11.2. The second-order valence-corrected chi connectivity index (χ2v) is 8.08. The van der Waals surface area contributed by atoms with E-state index < -0.39 is 0 Å². The average Bonchev–Trinajstić information content (AvgIpc) is 3.20. The van der Waals surface area contributed by atoms with Crippen LogP contribution in [-0.2, 0) is 0 Å². The van der Waals surface area contributed by atoms with Gasteiger partial charge in [-0.3, -0.25) is 13.9 Å². The quantitative estimate of drug-likeness (QED) is 0.317. The highest BCUT2D eigenvalue weighted by molar-refractivity contribution is 6.36. The summed E-state index contributed by atoms with van der Waals surface area (Å²) >= 11 is 18.6. The molecule has 0 fully saturated rings. The predicted octanol–water partition coefficient (Wildman–Crippen LogP) is 6.20. The van der Waals surface area contributed by atoms with E-state index in [1.165, 1.54) is 4.57 Å². The Morgan fingerprint density at radius 3 is 2.19 bits per heavy atom. The molecule has 0 N–H and O–H groups in total. The van der Waals surface area contributed by atoms with Crippen LogP contribution >= 0.6 is 34.8 Å². The van der Waals surface area contributed by atoms with Crippen LogP contribution in [0, 0.1) is 0 Å². The van der Waals surface area contributed by atoms with Crippen molar-refractivity contribution in [3.8, 4) is 22.8 Å². The molecule has 0 amide bonds. The van der Waals surface area contributed by atoms with Gasteiger partial charge in [-0.15, -0.1) is 0 Å². The van der Waals surface area contributed by atoms with Crippen molar-refractivity contribution in [1.29, 1.82) is 0 Å². The summed E-state index contributed by atoms with van der Waals surface area (Å²) in [5.74, 6) is 0.374. The third-order valence-electron chi connectivity index (χ3n) is 4.86. The maximum Gasteiger partial charge on any atom is 0.286 e. The summed E-state index contributed by atoms with van der Waals surface area (Å²) in [7, 11) is 0. The molecular weight excluding hydrogens is 455 g/mol. The zero-order valence-electron chi connectivity index (χ0n) is 15.8. The van der Waals surface area contributed by atoms with E-state index in [0.29, 0.717) is 37.8 Å². The van der Waals surface area contributed by atoms with Crippen LogP contribution in [0.15, 0.2) is 83.9 Å². The fourth-order valence-corrected chi connectivity index (χ4v) is 4.03. The number of fused-ring (bicyclic) bond motifs is 1. The van der Waals surface area contributed by atoms with Crippen molar-refractivity contribution in [2.75, 3.05) is 0 Å². The first kappa shape index (κ1) is 19.8. The van der Waals surface area contributed by atoms with Gasteiger partial charge < -0.3 is 0 Å². The Labute approximate surface area is 192 Å². The van der Waals surface area contributed by atoms with Gasteiger partial charge in [-0.25, -0.2) is 9.97 Å². The largest absolute Gasteiger partial charge is 0.286 e. The van der Waals surface area contributed by atoms with E-state index in [2.05, 4.69) is 4.98 Å². The van der Waals surface area contributed by atoms with E-state index in [0.717, 1.165) is 5.69 Å². The monoisotopic (exact) mass is 466 g/mol. The van der Waals surface area contributed by atoms with Crippen LogP contribution in [-0.4, -0.2) is 19.1 Å². The third kappa shape index (κ3) is 3.51. The van der Waals surface area contributed by atoms with Crippen molar-refractivity contribution in [2.24, 2.45) is 0 Å². The van der Waals surface area contributed by atoms with Gasteiger partial charge in [-0.05, 0) is 54.6 Å². The molecule has 0 bridgehead atoms. The number of aromatic nitrogens is 4. The van der Waals surface area contributed by atoms with Gasteiger partial charge >= 0.3 is 0 Å². The molecule has 0 radical (unpaired) electrons. The van der Waals surface area contributed by atoms with Gasteiger partial charge in [0.15, 0.2) is 17.0 Å². The molecule has 0 unspecified atom stereocenters. The molecule has 8 heteroatoms. The topological polar surface area (TPSA) is 52.7 Å². The van der Waals surface area contributed by atoms with Gasteiger partial charge in [0, 0.05) is 21.3 Å². The molecule has 0 aliphatic carbocycles. The Hall–Kier alpha value is -3.12. The van der Waals surface area contributed by atoms with Crippen LogP contribution < -0.4 is 5.56 Å². The van der Waals surface area contributed by atoms with Gasteiger partial charge in [-0.1, -0.05) is 53.0 Å². The van der Waals surface area contributed by atoms with Gasteiger partial charge in [0.25, 0.3) is 5.56 Å². The second kappa shape index (κ2) is 7.85. The molecule has 5 rings (SSSR count). The zero-order chi connectivity index (χ0) is 21.5. The van der Waals surface area contributed by atoms with Crippen molar-refractivity contribution in [2.45, 2.75) is 0 Å². The minimum absolute atomic E-state index is 0.243. The number of para-hydroxylation sites is 1. The Balaban J connectivity index is 1.88. The molecule has 5 nitrogen and oxygen atoms in total. The van der Waals surface area contributed by atoms with Crippen LogP contribution in [0.1, 0.15) is 0 Å². The van der Waals surface area contributed by atoms with Gasteiger partial charge in [-0.2, -0.15) is 0 Å². The molecule has 0 saturated heterocycles. The average molecular weight is 468 g/mol. The summed E-state index contributed by atoms with van der Waals surface area (Å²) in [5, 5.41) is 1.43. The van der Waals surface area contributed by atoms with Crippen LogP contribution in [0.3, 0.4) is 0 Å². The predicted molar refractivity (Wildman–Crippen MR) is 125 cm³/mol. The number of halogens is 3.